The molecule has 0 fully saturated rings. The molecule has 0 aromatic heterocycles. The summed E-state index contributed by atoms with van der Waals surface area (Å²) in [5.74, 6) is -0.599. The molecular weight excluding hydrogens is 275 g/mol. The Labute approximate surface area is 122 Å². The molecule has 2 rings (SSSR count). The minimum atomic E-state index is -0.340. The predicted molar refractivity (Wildman–Crippen MR) is 82.2 cm³/mol. The molecule has 0 aliphatic carbocycles. The highest BCUT2D eigenvalue weighted by molar-refractivity contribution is 7.80. The van der Waals surface area contributed by atoms with Crippen molar-refractivity contribution in [3.63, 3.8) is 0 Å². The van der Waals surface area contributed by atoms with E-state index in [1.165, 1.54) is 12.1 Å². The largest absolute Gasteiger partial charge is 0.393 e. The number of fused-ring (bicyclic) bond motifs is 1. The number of rotatable bonds is 4. The number of amides is 1. The van der Waals surface area contributed by atoms with E-state index in [-0.39, 0.29) is 17.8 Å². The molecule has 2 aromatic carbocycles. The van der Waals surface area contributed by atoms with Crippen LogP contribution in [0.25, 0.3) is 10.8 Å². The van der Waals surface area contributed by atoms with Crippen molar-refractivity contribution in [2.45, 2.75) is 19.4 Å². The summed E-state index contributed by atoms with van der Waals surface area (Å²) in [6.07, 6.45) is 0.431. The van der Waals surface area contributed by atoms with Crippen molar-refractivity contribution in [2.24, 2.45) is 5.73 Å². The molecule has 104 valence electrons. The molecular formula is C15H15FN2OS. The first kappa shape index (κ1) is 14.4. The molecule has 1 unspecified atom stereocenters. The fraction of sp³-hybridized carbons (Fsp3) is 0.200. The van der Waals surface area contributed by atoms with Crippen molar-refractivity contribution in [1.29, 1.82) is 0 Å². The summed E-state index contributed by atoms with van der Waals surface area (Å²) in [6, 6.07) is 9.52. The van der Waals surface area contributed by atoms with Crippen LogP contribution in [-0.2, 0) is 0 Å². The van der Waals surface area contributed by atoms with Gasteiger partial charge in [0.1, 0.15) is 5.82 Å². The summed E-state index contributed by atoms with van der Waals surface area (Å²) in [5.41, 5.74) is 5.89. The minimum Gasteiger partial charge on any atom is -0.393 e. The number of carbonyl (C=O) groups excluding carboxylic acids is 1. The van der Waals surface area contributed by atoms with Crippen LogP contribution in [0.1, 0.15) is 23.7 Å². The van der Waals surface area contributed by atoms with Gasteiger partial charge in [0.05, 0.1) is 4.99 Å². The molecule has 5 heteroatoms. The van der Waals surface area contributed by atoms with Crippen LogP contribution in [0.2, 0.25) is 0 Å². The van der Waals surface area contributed by atoms with Crippen molar-refractivity contribution >= 4 is 33.9 Å². The smallest absolute Gasteiger partial charge is 0.252 e. The van der Waals surface area contributed by atoms with E-state index in [2.05, 4.69) is 5.32 Å². The summed E-state index contributed by atoms with van der Waals surface area (Å²) in [5, 5.41) is 3.83. The number of benzene rings is 2. The molecule has 1 amide bonds. The second-order valence-electron chi connectivity index (χ2n) is 4.69. The topological polar surface area (TPSA) is 55.1 Å². The molecule has 0 spiro atoms. The van der Waals surface area contributed by atoms with Crippen LogP contribution >= 0.6 is 12.2 Å². The Morgan fingerprint density at radius 3 is 2.60 bits per heavy atom. The second kappa shape index (κ2) is 5.96. The van der Waals surface area contributed by atoms with Gasteiger partial charge in [0.25, 0.3) is 5.91 Å². The third-order valence-corrected chi connectivity index (χ3v) is 3.17. The van der Waals surface area contributed by atoms with Gasteiger partial charge in [-0.2, -0.15) is 0 Å². The molecule has 0 aliphatic rings. The highest BCUT2D eigenvalue weighted by Gasteiger charge is 2.14. The van der Waals surface area contributed by atoms with Crippen LogP contribution in [0.3, 0.4) is 0 Å². The van der Waals surface area contributed by atoms with Gasteiger partial charge in [-0.3, -0.25) is 4.79 Å². The maximum Gasteiger partial charge on any atom is 0.252 e. The number of hydrogen-bond acceptors (Lipinski definition) is 2. The summed E-state index contributed by atoms with van der Waals surface area (Å²) < 4.78 is 13.7. The van der Waals surface area contributed by atoms with Gasteiger partial charge in [-0.25, -0.2) is 4.39 Å². The lowest BCUT2D eigenvalue weighted by Crippen LogP contribution is -2.35. The van der Waals surface area contributed by atoms with Crippen LogP contribution in [0, 0.1) is 5.82 Å². The van der Waals surface area contributed by atoms with Crippen molar-refractivity contribution in [1.82, 2.24) is 5.32 Å². The van der Waals surface area contributed by atoms with Crippen molar-refractivity contribution in [3.05, 3.63) is 47.8 Å². The van der Waals surface area contributed by atoms with Crippen LogP contribution < -0.4 is 11.1 Å². The summed E-state index contributed by atoms with van der Waals surface area (Å²) in [4.78, 5) is 12.6. The Bertz CT molecular complexity index is 672. The number of halogens is 1. The first-order valence-electron chi connectivity index (χ1n) is 6.25. The molecule has 0 saturated heterocycles. The van der Waals surface area contributed by atoms with Crippen LogP contribution in [0.15, 0.2) is 36.4 Å². The number of nitrogens with one attached hydrogen (secondary N) is 1. The lowest BCUT2D eigenvalue weighted by atomic mass is 10.0. The average Bonchev–Trinajstić information content (AvgIpc) is 2.38. The van der Waals surface area contributed by atoms with Gasteiger partial charge in [0.15, 0.2) is 0 Å². The zero-order chi connectivity index (χ0) is 14.7. The number of hydrogen-bond donors (Lipinski definition) is 2. The Balaban J connectivity index is 2.31. The Morgan fingerprint density at radius 1 is 1.30 bits per heavy atom. The SMILES string of the molecule is CC(CC(N)=S)NC(=O)c1ccc(F)c2ccccc12. The van der Waals surface area contributed by atoms with E-state index in [0.29, 0.717) is 27.7 Å². The normalized spacial score (nSPS) is 12.1. The second-order valence-corrected chi connectivity index (χ2v) is 5.21. The maximum atomic E-state index is 13.7. The number of thiocarbonyl (C=S) groups is 1. The highest BCUT2D eigenvalue weighted by Crippen LogP contribution is 2.21. The average molecular weight is 290 g/mol. The van der Waals surface area contributed by atoms with Gasteiger partial charge in [0, 0.05) is 23.4 Å². The fourth-order valence-corrected chi connectivity index (χ4v) is 2.36. The quantitative estimate of drug-likeness (QED) is 0.851. The monoisotopic (exact) mass is 290 g/mol. The Hall–Kier alpha value is -2.01. The van der Waals surface area contributed by atoms with Gasteiger partial charge in [-0.1, -0.05) is 36.5 Å². The van der Waals surface area contributed by atoms with Crippen molar-refractivity contribution in [3.8, 4) is 0 Å². The molecule has 0 saturated carbocycles. The van der Waals surface area contributed by atoms with Crippen LogP contribution in [0.5, 0.6) is 0 Å². The molecule has 2 aromatic rings. The van der Waals surface area contributed by atoms with Gasteiger partial charge in [-0.15, -0.1) is 0 Å². The van der Waals surface area contributed by atoms with E-state index < -0.39 is 0 Å². The molecule has 20 heavy (non-hydrogen) atoms. The summed E-state index contributed by atoms with van der Waals surface area (Å²) in [6.45, 7) is 1.82. The van der Waals surface area contributed by atoms with Crippen LogP contribution in [0.4, 0.5) is 4.39 Å². The molecule has 3 N–H and O–H groups in total. The van der Waals surface area contributed by atoms with E-state index in [9.17, 15) is 9.18 Å². The lowest BCUT2D eigenvalue weighted by Gasteiger charge is -2.14. The number of carbonyl (C=O) groups is 1. The maximum absolute atomic E-state index is 13.7. The standard InChI is InChI=1S/C15H15FN2OS/c1-9(8-14(17)20)18-15(19)12-6-7-13(16)11-5-3-2-4-10(11)12/h2-7,9H,8H2,1H3,(H2,17,20)(H,18,19). The number of nitrogens with two attached hydrogens (primary N) is 1. The highest BCUT2D eigenvalue weighted by atomic mass is 32.1. The van der Waals surface area contributed by atoms with Gasteiger partial charge in [0.2, 0.25) is 0 Å². The van der Waals surface area contributed by atoms with Crippen LogP contribution in [-0.4, -0.2) is 16.9 Å². The van der Waals surface area contributed by atoms with Gasteiger partial charge in [-0.05, 0) is 24.4 Å². The summed E-state index contributed by atoms with van der Waals surface area (Å²) >= 11 is 4.81. The predicted octanol–water partition coefficient (Wildman–Crippen LogP) is 2.77. The van der Waals surface area contributed by atoms with Crippen molar-refractivity contribution < 1.29 is 9.18 Å². The zero-order valence-corrected chi connectivity index (χ0v) is 11.8. The van der Waals surface area contributed by atoms with Crippen molar-refractivity contribution in [2.75, 3.05) is 0 Å². The minimum absolute atomic E-state index is 0.163. The van der Waals surface area contributed by atoms with Gasteiger partial charge < -0.3 is 11.1 Å². The van der Waals surface area contributed by atoms with E-state index in [0.717, 1.165) is 0 Å². The molecule has 0 bridgehead atoms. The molecule has 3 nitrogen and oxygen atoms in total. The van der Waals surface area contributed by atoms with E-state index in [1.54, 1.807) is 24.3 Å². The third kappa shape index (κ3) is 3.11. The van der Waals surface area contributed by atoms with E-state index in [1.807, 2.05) is 6.92 Å². The third-order valence-electron chi connectivity index (χ3n) is 3.00. The molecule has 1 atom stereocenters. The van der Waals surface area contributed by atoms with Gasteiger partial charge >= 0.3 is 0 Å². The lowest BCUT2D eigenvalue weighted by molar-refractivity contribution is 0.0943. The van der Waals surface area contributed by atoms with E-state index in [4.69, 9.17) is 18.0 Å². The molecule has 0 aliphatic heterocycles. The first-order chi connectivity index (χ1) is 9.49. The molecule has 0 radical (unpaired) electrons. The Kier molecular flexibility index (Phi) is 4.29. The fourth-order valence-electron chi connectivity index (χ4n) is 2.11. The molecule has 0 heterocycles. The van der Waals surface area contributed by atoms with E-state index >= 15 is 0 Å². The first-order valence-corrected chi connectivity index (χ1v) is 6.66. The Morgan fingerprint density at radius 2 is 1.95 bits per heavy atom. The zero-order valence-electron chi connectivity index (χ0n) is 11.0. The summed E-state index contributed by atoms with van der Waals surface area (Å²) in [7, 11) is 0.